The van der Waals surface area contributed by atoms with E-state index in [1.807, 2.05) is 44.2 Å². The Labute approximate surface area is 172 Å². The molecule has 1 aliphatic carbocycles. The first-order valence-electron chi connectivity index (χ1n) is 10.3. The molecule has 3 aliphatic rings. The number of nitrogens with one attached hydrogen (secondary N) is 1. The van der Waals surface area contributed by atoms with Gasteiger partial charge in [-0.2, -0.15) is 4.31 Å². The molecule has 152 valence electrons. The summed E-state index contributed by atoms with van der Waals surface area (Å²) in [4.78, 5) is 14.0. The first-order chi connectivity index (χ1) is 13.8. The second-order valence-corrected chi connectivity index (χ2v) is 10.9. The lowest BCUT2D eigenvalue weighted by molar-refractivity contribution is -0.125. The van der Waals surface area contributed by atoms with E-state index < -0.39 is 15.6 Å². The third-order valence-electron chi connectivity index (χ3n) is 6.78. The molecule has 5 nitrogen and oxygen atoms in total. The van der Waals surface area contributed by atoms with Crippen molar-refractivity contribution in [1.82, 2.24) is 4.31 Å². The van der Waals surface area contributed by atoms with Crippen molar-refractivity contribution in [3.8, 4) is 0 Å². The number of sulfonamides is 1. The fraction of sp³-hybridized carbons (Fsp3) is 0.435. The SMILES string of the molecule is Cc1ccc(S(=O)(=O)N2C[C@H]3C(=O)C(C4CC4)c4ccccc4N[C@@]3(C)C2)cc1. The third kappa shape index (κ3) is 3.01. The van der Waals surface area contributed by atoms with Gasteiger partial charge in [-0.1, -0.05) is 35.9 Å². The molecule has 0 radical (unpaired) electrons. The Morgan fingerprint density at radius 3 is 2.45 bits per heavy atom. The lowest BCUT2D eigenvalue weighted by Crippen LogP contribution is -2.45. The first kappa shape index (κ1) is 18.8. The van der Waals surface area contributed by atoms with Gasteiger partial charge in [-0.25, -0.2) is 8.42 Å². The number of Topliss-reactive ketones (excluding diaryl/α,β-unsaturated/α-hetero) is 1. The zero-order valence-corrected chi connectivity index (χ0v) is 17.6. The van der Waals surface area contributed by atoms with Crippen LogP contribution in [0.25, 0.3) is 0 Å². The minimum absolute atomic E-state index is 0.132. The van der Waals surface area contributed by atoms with E-state index in [1.165, 1.54) is 4.31 Å². The topological polar surface area (TPSA) is 66.5 Å². The van der Waals surface area contributed by atoms with E-state index in [9.17, 15) is 13.2 Å². The number of carbonyl (C=O) groups is 1. The number of hydrogen-bond acceptors (Lipinski definition) is 4. The smallest absolute Gasteiger partial charge is 0.243 e. The summed E-state index contributed by atoms with van der Waals surface area (Å²) in [5, 5.41) is 3.58. The van der Waals surface area contributed by atoms with Crippen LogP contribution in [0.4, 0.5) is 5.69 Å². The molecular weight excluding hydrogens is 384 g/mol. The van der Waals surface area contributed by atoms with E-state index in [1.54, 1.807) is 12.1 Å². The minimum Gasteiger partial charge on any atom is -0.378 e. The van der Waals surface area contributed by atoms with E-state index in [0.717, 1.165) is 29.7 Å². The van der Waals surface area contributed by atoms with Gasteiger partial charge in [-0.3, -0.25) is 4.79 Å². The van der Waals surface area contributed by atoms with Gasteiger partial charge >= 0.3 is 0 Å². The summed E-state index contributed by atoms with van der Waals surface area (Å²) in [6.07, 6.45) is 2.14. The number of nitrogens with zero attached hydrogens (tertiary/aromatic N) is 1. The minimum atomic E-state index is -3.65. The molecule has 1 N–H and O–H groups in total. The molecule has 6 heteroatoms. The molecule has 5 rings (SSSR count). The van der Waals surface area contributed by atoms with Gasteiger partial charge in [-0.15, -0.1) is 0 Å². The van der Waals surface area contributed by atoms with Crippen LogP contribution in [-0.2, 0) is 14.8 Å². The maximum Gasteiger partial charge on any atom is 0.243 e. The number of fused-ring (bicyclic) bond motifs is 2. The average molecular weight is 411 g/mol. The highest BCUT2D eigenvalue weighted by atomic mass is 32.2. The Hall–Kier alpha value is -2.18. The highest BCUT2D eigenvalue weighted by Crippen LogP contribution is 2.51. The zero-order chi connectivity index (χ0) is 20.4. The van der Waals surface area contributed by atoms with Crippen LogP contribution in [0.1, 0.15) is 36.8 Å². The van der Waals surface area contributed by atoms with Gasteiger partial charge in [0.25, 0.3) is 0 Å². The highest BCUT2D eigenvalue weighted by molar-refractivity contribution is 7.89. The Morgan fingerprint density at radius 2 is 1.76 bits per heavy atom. The van der Waals surface area contributed by atoms with E-state index in [0.29, 0.717) is 5.92 Å². The van der Waals surface area contributed by atoms with Gasteiger partial charge in [0.2, 0.25) is 10.0 Å². The molecule has 2 fully saturated rings. The van der Waals surface area contributed by atoms with Crippen LogP contribution in [-0.4, -0.2) is 37.1 Å². The predicted octanol–water partition coefficient (Wildman–Crippen LogP) is 3.56. The van der Waals surface area contributed by atoms with E-state index >= 15 is 0 Å². The lowest BCUT2D eigenvalue weighted by atomic mass is 9.79. The summed E-state index contributed by atoms with van der Waals surface area (Å²) in [7, 11) is -3.65. The molecule has 2 heterocycles. The van der Waals surface area contributed by atoms with Crippen LogP contribution < -0.4 is 5.32 Å². The van der Waals surface area contributed by atoms with Crippen molar-refractivity contribution in [2.75, 3.05) is 18.4 Å². The van der Waals surface area contributed by atoms with Gasteiger partial charge in [0.05, 0.1) is 16.4 Å². The van der Waals surface area contributed by atoms with Crippen molar-refractivity contribution in [2.45, 2.75) is 43.0 Å². The average Bonchev–Trinajstić information content (AvgIpc) is 3.46. The second kappa shape index (κ2) is 6.41. The number of para-hydroxylation sites is 1. The van der Waals surface area contributed by atoms with Gasteiger partial charge < -0.3 is 5.32 Å². The van der Waals surface area contributed by atoms with Crippen molar-refractivity contribution in [1.29, 1.82) is 0 Å². The Kier molecular flexibility index (Phi) is 4.16. The molecule has 0 amide bonds. The van der Waals surface area contributed by atoms with Gasteiger partial charge in [0.15, 0.2) is 0 Å². The van der Waals surface area contributed by atoms with Crippen molar-refractivity contribution < 1.29 is 13.2 Å². The van der Waals surface area contributed by atoms with Crippen LogP contribution in [0.5, 0.6) is 0 Å². The summed E-state index contributed by atoms with van der Waals surface area (Å²) >= 11 is 0. The molecule has 2 aromatic carbocycles. The van der Waals surface area contributed by atoms with Crippen LogP contribution >= 0.6 is 0 Å². The Bertz CT molecular complexity index is 1080. The van der Waals surface area contributed by atoms with Crippen LogP contribution in [0, 0.1) is 18.8 Å². The normalized spacial score (nSPS) is 29.7. The number of anilines is 1. The number of benzene rings is 2. The third-order valence-corrected chi connectivity index (χ3v) is 8.60. The molecule has 1 saturated carbocycles. The number of ketones is 1. The molecule has 2 aromatic rings. The predicted molar refractivity (Wildman–Crippen MR) is 112 cm³/mol. The summed E-state index contributed by atoms with van der Waals surface area (Å²) in [5.41, 5.74) is 2.44. The lowest BCUT2D eigenvalue weighted by Gasteiger charge is -2.30. The molecule has 1 unspecified atom stereocenters. The standard InChI is InChI=1S/C23H26N2O3S/c1-15-7-11-17(12-8-15)29(27,28)25-13-19-22(26)21(16-9-10-16)18-5-3-4-6-20(18)24-23(19,2)14-25/h3-8,11-12,16,19,21,24H,9-10,13-14H2,1-2H3/t19-,21?,23-/m0/s1. The van der Waals surface area contributed by atoms with Crippen LogP contribution in [0.3, 0.4) is 0 Å². The van der Waals surface area contributed by atoms with Crippen molar-refractivity contribution >= 4 is 21.5 Å². The Balaban J connectivity index is 1.53. The van der Waals surface area contributed by atoms with Gasteiger partial charge in [0.1, 0.15) is 5.78 Å². The fourth-order valence-electron chi connectivity index (χ4n) is 4.99. The van der Waals surface area contributed by atoms with E-state index in [2.05, 4.69) is 11.4 Å². The molecule has 3 atom stereocenters. The monoisotopic (exact) mass is 410 g/mol. The number of carbonyl (C=O) groups excluding carboxylic acids is 1. The molecule has 29 heavy (non-hydrogen) atoms. The highest BCUT2D eigenvalue weighted by Gasteiger charge is 2.55. The van der Waals surface area contributed by atoms with Gasteiger partial charge in [-0.05, 0) is 56.4 Å². The maximum atomic E-state index is 13.7. The number of aryl methyl sites for hydroxylation is 1. The zero-order valence-electron chi connectivity index (χ0n) is 16.8. The maximum absolute atomic E-state index is 13.7. The summed E-state index contributed by atoms with van der Waals surface area (Å²) in [6, 6.07) is 15.0. The summed E-state index contributed by atoms with van der Waals surface area (Å²) in [6.45, 7) is 4.44. The summed E-state index contributed by atoms with van der Waals surface area (Å²) in [5.74, 6) is 0.0814. The molecule has 0 spiro atoms. The largest absolute Gasteiger partial charge is 0.378 e. The van der Waals surface area contributed by atoms with Crippen molar-refractivity contribution in [3.05, 3.63) is 59.7 Å². The quantitative estimate of drug-likeness (QED) is 0.840. The van der Waals surface area contributed by atoms with Gasteiger partial charge in [0, 0.05) is 24.7 Å². The molecule has 0 bridgehead atoms. The molecular formula is C23H26N2O3S. The second-order valence-electron chi connectivity index (χ2n) is 9.01. The number of hydrogen-bond donors (Lipinski definition) is 1. The van der Waals surface area contributed by atoms with E-state index in [4.69, 9.17) is 0 Å². The molecule has 2 aliphatic heterocycles. The first-order valence-corrected chi connectivity index (χ1v) is 11.7. The van der Waals surface area contributed by atoms with Crippen molar-refractivity contribution in [2.24, 2.45) is 11.8 Å². The van der Waals surface area contributed by atoms with E-state index in [-0.39, 0.29) is 35.6 Å². The summed E-state index contributed by atoms with van der Waals surface area (Å²) < 4.78 is 28.1. The molecule has 0 aromatic heterocycles. The number of rotatable bonds is 3. The fourth-order valence-corrected chi connectivity index (χ4v) is 6.56. The van der Waals surface area contributed by atoms with Crippen molar-refractivity contribution in [3.63, 3.8) is 0 Å². The van der Waals surface area contributed by atoms with Crippen LogP contribution in [0.15, 0.2) is 53.4 Å². The van der Waals surface area contributed by atoms with Crippen LogP contribution in [0.2, 0.25) is 0 Å². The molecule has 1 saturated heterocycles. The Morgan fingerprint density at radius 1 is 1.07 bits per heavy atom.